The zero-order chi connectivity index (χ0) is 11.4. The highest BCUT2D eigenvalue weighted by Gasteiger charge is 2.69. The Kier molecular flexibility index (Phi) is 2.29. The summed E-state index contributed by atoms with van der Waals surface area (Å²) in [5, 5.41) is 0. The van der Waals surface area contributed by atoms with E-state index in [4.69, 9.17) is 0 Å². The fourth-order valence-corrected chi connectivity index (χ4v) is 2.87. The minimum Gasteiger partial charge on any atom is -0.229 e. The van der Waals surface area contributed by atoms with Crippen LogP contribution >= 0.6 is 0 Å². The zero-order valence-electron chi connectivity index (χ0n) is 6.35. The van der Waals surface area contributed by atoms with Crippen molar-refractivity contribution in [3.63, 3.8) is 0 Å². The summed E-state index contributed by atoms with van der Waals surface area (Å²) >= 11 is 0. The highest BCUT2D eigenvalue weighted by atomic mass is 32.2. The summed E-state index contributed by atoms with van der Waals surface area (Å²) in [5.74, 6) is -10.4. The molecule has 1 aliphatic heterocycles. The molecule has 0 radical (unpaired) electrons. The summed E-state index contributed by atoms with van der Waals surface area (Å²) in [5.41, 5.74) is -3.57. The summed E-state index contributed by atoms with van der Waals surface area (Å²) < 4.78 is 94.1. The highest BCUT2D eigenvalue weighted by molar-refractivity contribution is 7.92. The number of halogens is 6. The van der Waals surface area contributed by atoms with Gasteiger partial charge < -0.3 is 0 Å². The van der Waals surface area contributed by atoms with E-state index in [0.717, 1.165) is 0 Å². The molecule has 14 heavy (non-hydrogen) atoms. The molecule has 0 aromatic heterocycles. The van der Waals surface area contributed by atoms with Gasteiger partial charge in [0.15, 0.2) is 15.8 Å². The molecule has 1 fully saturated rings. The van der Waals surface area contributed by atoms with Crippen LogP contribution in [0.15, 0.2) is 0 Å². The Morgan fingerprint density at radius 2 is 1.64 bits per heavy atom. The van der Waals surface area contributed by atoms with Crippen LogP contribution in [0.4, 0.5) is 26.3 Å². The third-order valence-electron chi connectivity index (χ3n) is 1.81. The van der Waals surface area contributed by atoms with Crippen LogP contribution in [0.25, 0.3) is 0 Å². The van der Waals surface area contributed by atoms with E-state index >= 15 is 0 Å². The molecule has 0 aromatic rings. The third kappa shape index (κ3) is 1.69. The van der Waals surface area contributed by atoms with Crippen LogP contribution in [-0.2, 0) is 9.84 Å². The van der Waals surface area contributed by atoms with Crippen LogP contribution < -0.4 is 0 Å². The fraction of sp³-hybridized carbons (Fsp3) is 1.00. The van der Waals surface area contributed by atoms with E-state index in [1.54, 1.807) is 0 Å². The molecule has 0 aliphatic carbocycles. The van der Waals surface area contributed by atoms with Gasteiger partial charge in [-0.2, -0.15) is 13.2 Å². The quantitative estimate of drug-likeness (QED) is 0.603. The summed E-state index contributed by atoms with van der Waals surface area (Å²) in [7, 11) is -5.00. The minimum atomic E-state index is -5.56. The van der Waals surface area contributed by atoms with Crippen molar-refractivity contribution in [1.29, 1.82) is 0 Å². The van der Waals surface area contributed by atoms with Gasteiger partial charge in [0, 0.05) is 0 Å². The van der Waals surface area contributed by atoms with Gasteiger partial charge in [0.05, 0.1) is 0 Å². The van der Waals surface area contributed by atoms with Crippen LogP contribution in [-0.4, -0.2) is 31.8 Å². The molecule has 2 nitrogen and oxygen atoms in total. The van der Waals surface area contributed by atoms with E-state index in [1.165, 1.54) is 0 Å². The molecule has 0 saturated carbocycles. The molecule has 1 saturated heterocycles. The first-order valence-corrected chi connectivity index (χ1v) is 5.00. The normalized spacial score (nSPS) is 35.9. The van der Waals surface area contributed by atoms with Crippen molar-refractivity contribution in [3.8, 4) is 0 Å². The maximum absolute atomic E-state index is 12.6. The van der Waals surface area contributed by atoms with Gasteiger partial charge in [-0.25, -0.2) is 21.6 Å². The number of sulfone groups is 1. The SMILES string of the molecule is O=S1(=O)CC(F)(F)C(C(F)(F)F)C1F. The first-order chi connectivity index (χ1) is 5.98. The average molecular weight is 242 g/mol. The smallest absolute Gasteiger partial charge is 0.229 e. The predicted octanol–water partition coefficient (Wildman–Crippen LogP) is 1.52. The minimum absolute atomic E-state index is 2.09. The Hall–Kier alpha value is -0.470. The highest BCUT2D eigenvalue weighted by Crippen LogP contribution is 2.48. The standard InChI is InChI=1S/C5H4F6O2S/c6-3-2(5(9,10)11)4(7,8)1-14(3,12)13/h2-3H,1H2. The summed E-state index contributed by atoms with van der Waals surface area (Å²) in [4.78, 5) is 0. The van der Waals surface area contributed by atoms with E-state index in [-0.39, 0.29) is 0 Å². The molecular weight excluding hydrogens is 238 g/mol. The van der Waals surface area contributed by atoms with Crippen molar-refractivity contribution >= 4 is 9.84 Å². The number of rotatable bonds is 0. The van der Waals surface area contributed by atoms with Gasteiger partial charge in [-0.15, -0.1) is 0 Å². The van der Waals surface area contributed by atoms with Crippen LogP contribution in [0, 0.1) is 5.92 Å². The summed E-state index contributed by atoms with van der Waals surface area (Å²) in [6, 6.07) is 0. The van der Waals surface area contributed by atoms with Gasteiger partial charge in [-0.05, 0) is 0 Å². The topological polar surface area (TPSA) is 34.1 Å². The van der Waals surface area contributed by atoms with Crippen LogP contribution in [0.3, 0.4) is 0 Å². The molecule has 1 rings (SSSR count). The van der Waals surface area contributed by atoms with Gasteiger partial charge in [0.2, 0.25) is 5.50 Å². The van der Waals surface area contributed by atoms with Crippen molar-refractivity contribution in [2.75, 3.05) is 5.75 Å². The molecule has 1 aliphatic rings. The Balaban J connectivity index is 3.19. The molecule has 0 bridgehead atoms. The van der Waals surface area contributed by atoms with Gasteiger partial charge in [0.25, 0.3) is 5.92 Å². The lowest BCUT2D eigenvalue weighted by Gasteiger charge is -2.20. The van der Waals surface area contributed by atoms with E-state index in [9.17, 15) is 34.8 Å². The van der Waals surface area contributed by atoms with E-state index < -0.39 is 39.1 Å². The first-order valence-electron chi connectivity index (χ1n) is 3.29. The molecule has 2 atom stereocenters. The van der Waals surface area contributed by atoms with E-state index in [2.05, 4.69) is 0 Å². The monoisotopic (exact) mass is 242 g/mol. The predicted molar refractivity (Wildman–Crippen MR) is 33.2 cm³/mol. The number of hydrogen-bond donors (Lipinski definition) is 0. The van der Waals surface area contributed by atoms with Crippen molar-refractivity contribution in [3.05, 3.63) is 0 Å². The fourth-order valence-electron chi connectivity index (χ4n) is 1.22. The average Bonchev–Trinajstić information content (AvgIpc) is 1.93. The summed E-state index contributed by atoms with van der Waals surface area (Å²) in [6.07, 6.45) is -5.56. The van der Waals surface area contributed by atoms with Crippen molar-refractivity contribution in [2.45, 2.75) is 17.6 Å². The largest absolute Gasteiger partial charge is 0.401 e. The van der Waals surface area contributed by atoms with Crippen LogP contribution in [0.5, 0.6) is 0 Å². The lowest BCUT2D eigenvalue weighted by atomic mass is 10.0. The second-order valence-electron chi connectivity index (χ2n) is 2.94. The van der Waals surface area contributed by atoms with Crippen molar-refractivity contribution in [2.24, 2.45) is 5.92 Å². The molecule has 2 unspecified atom stereocenters. The lowest BCUT2D eigenvalue weighted by molar-refractivity contribution is -0.236. The van der Waals surface area contributed by atoms with Gasteiger partial charge in [-0.3, -0.25) is 0 Å². The van der Waals surface area contributed by atoms with Crippen LogP contribution in [0.2, 0.25) is 0 Å². The van der Waals surface area contributed by atoms with Crippen LogP contribution in [0.1, 0.15) is 0 Å². The molecule has 0 amide bonds. The Morgan fingerprint density at radius 1 is 1.21 bits per heavy atom. The van der Waals surface area contributed by atoms with Gasteiger partial charge in [-0.1, -0.05) is 0 Å². The molecule has 9 heteroatoms. The lowest BCUT2D eigenvalue weighted by Crippen LogP contribution is -2.40. The second-order valence-corrected chi connectivity index (χ2v) is 5.00. The third-order valence-corrected chi connectivity index (χ3v) is 3.55. The van der Waals surface area contributed by atoms with Gasteiger partial charge >= 0.3 is 6.18 Å². The number of alkyl halides is 6. The molecule has 0 N–H and O–H groups in total. The second kappa shape index (κ2) is 2.77. The van der Waals surface area contributed by atoms with E-state index in [1.807, 2.05) is 0 Å². The van der Waals surface area contributed by atoms with Crippen molar-refractivity contribution < 1.29 is 34.8 Å². The van der Waals surface area contributed by atoms with Gasteiger partial charge in [0.1, 0.15) is 5.75 Å². The first kappa shape index (κ1) is 11.6. The van der Waals surface area contributed by atoms with E-state index in [0.29, 0.717) is 0 Å². The molecule has 0 spiro atoms. The number of hydrogen-bond acceptors (Lipinski definition) is 2. The zero-order valence-corrected chi connectivity index (χ0v) is 7.17. The molecule has 0 aromatic carbocycles. The molecular formula is C5H4F6O2S. The Labute approximate surface area is 74.8 Å². The summed E-state index contributed by atoms with van der Waals surface area (Å²) in [6.45, 7) is 0. The molecule has 84 valence electrons. The molecule has 1 heterocycles. The maximum Gasteiger partial charge on any atom is 0.401 e. The maximum atomic E-state index is 12.6. The van der Waals surface area contributed by atoms with Crippen molar-refractivity contribution in [1.82, 2.24) is 0 Å². The Morgan fingerprint density at radius 3 is 1.79 bits per heavy atom. The Bertz CT molecular complexity index is 331.